The molecule has 0 aromatic rings. The van der Waals surface area contributed by atoms with E-state index >= 15 is 0 Å². The molecular weight excluding hydrogens is 144 g/mol. The van der Waals surface area contributed by atoms with Gasteiger partial charge in [-0.1, -0.05) is 0 Å². The summed E-state index contributed by atoms with van der Waals surface area (Å²) >= 11 is 0. The lowest BCUT2D eigenvalue weighted by atomic mass is 9.89. The molecule has 2 aliphatic rings. The molecule has 0 aromatic heterocycles. The molecule has 0 radical (unpaired) electrons. The number of nitrogens with one attached hydrogen (secondary N) is 2. The van der Waals surface area contributed by atoms with E-state index < -0.39 is 0 Å². The van der Waals surface area contributed by atoms with Crippen LogP contribution in [0.2, 0.25) is 0 Å². The van der Waals surface area contributed by atoms with Crippen LogP contribution < -0.4 is 10.8 Å². The quantitative estimate of drug-likeness (QED) is 0.358. The third-order valence-electron chi connectivity index (χ3n) is 2.75. The fourth-order valence-corrected chi connectivity index (χ4v) is 2.20. The van der Waals surface area contributed by atoms with Crippen LogP contribution in [0.25, 0.3) is 0 Å². The summed E-state index contributed by atoms with van der Waals surface area (Å²) in [6, 6.07) is 0.828. The minimum atomic E-state index is -0.232. The number of hydrogen-bond donors (Lipinski definition) is 3. The van der Waals surface area contributed by atoms with Crippen LogP contribution >= 0.6 is 0 Å². The zero-order valence-electron chi connectivity index (χ0n) is 6.21. The fourth-order valence-electron chi connectivity index (χ4n) is 2.20. The van der Waals surface area contributed by atoms with Crippen molar-refractivity contribution in [1.29, 1.82) is 0 Å². The predicted octanol–water partition coefficient (Wildman–Crippen LogP) is -0.368. The Labute approximate surface area is 64.9 Å². The van der Waals surface area contributed by atoms with Crippen molar-refractivity contribution in [3.63, 3.8) is 0 Å². The number of carbonyl (C=O) groups is 1. The van der Waals surface area contributed by atoms with E-state index in [9.17, 15) is 4.79 Å². The van der Waals surface area contributed by atoms with Gasteiger partial charge in [0.25, 0.3) is 0 Å². The maximum absolute atomic E-state index is 11.0. The van der Waals surface area contributed by atoms with E-state index in [1.54, 1.807) is 5.48 Å². The zero-order valence-corrected chi connectivity index (χ0v) is 6.21. The molecule has 0 aliphatic carbocycles. The van der Waals surface area contributed by atoms with Gasteiger partial charge >= 0.3 is 0 Å². The normalized spacial score (nSPS) is 41.0. The lowest BCUT2D eigenvalue weighted by Crippen LogP contribution is -2.35. The van der Waals surface area contributed by atoms with Crippen LogP contribution in [0.15, 0.2) is 0 Å². The van der Waals surface area contributed by atoms with Gasteiger partial charge in [0.15, 0.2) is 0 Å². The molecule has 0 saturated carbocycles. The van der Waals surface area contributed by atoms with E-state index in [0.717, 1.165) is 12.8 Å². The number of fused-ring (bicyclic) bond motifs is 2. The van der Waals surface area contributed by atoms with Gasteiger partial charge < -0.3 is 5.32 Å². The molecule has 3 N–H and O–H groups in total. The summed E-state index contributed by atoms with van der Waals surface area (Å²) in [5.41, 5.74) is 1.71. The highest BCUT2D eigenvalue weighted by Gasteiger charge is 2.42. The molecule has 0 aromatic carbocycles. The van der Waals surface area contributed by atoms with Gasteiger partial charge in [-0.3, -0.25) is 10.0 Å². The van der Waals surface area contributed by atoms with Crippen LogP contribution in [0.3, 0.4) is 0 Å². The van der Waals surface area contributed by atoms with Gasteiger partial charge in [0.05, 0.1) is 5.92 Å². The summed E-state index contributed by atoms with van der Waals surface area (Å²) in [5, 5.41) is 11.7. The molecule has 2 heterocycles. The van der Waals surface area contributed by atoms with E-state index in [4.69, 9.17) is 5.21 Å². The molecule has 3 unspecified atom stereocenters. The summed E-state index contributed by atoms with van der Waals surface area (Å²) < 4.78 is 0. The van der Waals surface area contributed by atoms with E-state index in [2.05, 4.69) is 5.32 Å². The molecule has 2 fully saturated rings. The number of hydrogen-bond acceptors (Lipinski definition) is 3. The first-order chi connectivity index (χ1) is 5.31. The maximum Gasteiger partial charge on any atom is 0.248 e. The molecule has 2 saturated heterocycles. The van der Waals surface area contributed by atoms with Crippen molar-refractivity contribution in [3.8, 4) is 0 Å². The van der Waals surface area contributed by atoms with E-state index in [1.165, 1.54) is 6.42 Å². The SMILES string of the molecule is O=C(NO)C1CC2CCC1N2. The summed E-state index contributed by atoms with van der Waals surface area (Å²) in [5.74, 6) is -0.233. The lowest BCUT2D eigenvalue weighted by Gasteiger charge is -2.16. The number of carbonyl (C=O) groups excluding carboxylic acids is 1. The second kappa shape index (κ2) is 2.46. The third kappa shape index (κ3) is 1.02. The molecule has 4 heteroatoms. The molecular formula is C7H12N2O2. The maximum atomic E-state index is 11.0. The van der Waals surface area contributed by atoms with Crippen LogP contribution in [0, 0.1) is 5.92 Å². The first-order valence-electron chi connectivity index (χ1n) is 4.01. The molecule has 2 bridgehead atoms. The molecule has 0 spiro atoms. The van der Waals surface area contributed by atoms with Crippen LogP contribution in [0.5, 0.6) is 0 Å². The van der Waals surface area contributed by atoms with Crippen molar-refractivity contribution in [1.82, 2.24) is 10.8 Å². The largest absolute Gasteiger partial charge is 0.310 e. The Kier molecular flexibility index (Phi) is 1.58. The van der Waals surface area contributed by atoms with Gasteiger partial charge in [-0.2, -0.15) is 0 Å². The summed E-state index contributed by atoms with van der Waals surface area (Å²) in [6.07, 6.45) is 3.14. The van der Waals surface area contributed by atoms with Crippen molar-refractivity contribution < 1.29 is 10.0 Å². The standard InChI is InChI=1S/C7H12N2O2/c10-7(9-11)5-3-4-1-2-6(5)8-4/h4-6,8,11H,1-3H2,(H,9,10). The Morgan fingerprint density at radius 2 is 2.36 bits per heavy atom. The Morgan fingerprint density at radius 1 is 1.55 bits per heavy atom. The van der Waals surface area contributed by atoms with Crippen molar-refractivity contribution >= 4 is 5.91 Å². The van der Waals surface area contributed by atoms with Gasteiger partial charge in [0, 0.05) is 12.1 Å². The predicted molar refractivity (Wildman–Crippen MR) is 38.0 cm³/mol. The van der Waals surface area contributed by atoms with Gasteiger partial charge in [-0.05, 0) is 19.3 Å². The highest BCUT2D eigenvalue weighted by molar-refractivity contribution is 5.78. The van der Waals surface area contributed by atoms with Crippen LogP contribution in [0.4, 0.5) is 0 Å². The molecule has 3 atom stereocenters. The highest BCUT2D eigenvalue weighted by atomic mass is 16.5. The highest BCUT2D eigenvalue weighted by Crippen LogP contribution is 2.32. The van der Waals surface area contributed by atoms with Gasteiger partial charge in [0.2, 0.25) is 5.91 Å². The number of amides is 1. The van der Waals surface area contributed by atoms with Crippen molar-refractivity contribution in [3.05, 3.63) is 0 Å². The first kappa shape index (κ1) is 7.06. The van der Waals surface area contributed by atoms with Gasteiger partial charge in [-0.15, -0.1) is 0 Å². The first-order valence-corrected chi connectivity index (χ1v) is 4.01. The second-order valence-electron chi connectivity index (χ2n) is 3.37. The molecule has 2 rings (SSSR count). The van der Waals surface area contributed by atoms with E-state index in [1.807, 2.05) is 0 Å². The van der Waals surface area contributed by atoms with E-state index in [-0.39, 0.29) is 11.8 Å². The molecule has 2 aliphatic heterocycles. The van der Waals surface area contributed by atoms with Crippen LogP contribution in [-0.4, -0.2) is 23.2 Å². The Balaban J connectivity index is 2.02. The fraction of sp³-hybridized carbons (Fsp3) is 0.857. The number of hydroxylamine groups is 1. The third-order valence-corrected chi connectivity index (χ3v) is 2.75. The van der Waals surface area contributed by atoms with Crippen LogP contribution in [-0.2, 0) is 4.79 Å². The van der Waals surface area contributed by atoms with E-state index in [0.29, 0.717) is 12.1 Å². The molecule has 11 heavy (non-hydrogen) atoms. The van der Waals surface area contributed by atoms with Crippen LogP contribution in [0.1, 0.15) is 19.3 Å². The minimum absolute atomic E-state index is 0.00116. The monoisotopic (exact) mass is 156 g/mol. The summed E-state index contributed by atoms with van der Waals surface area (Å²) in [7, 11) is 0. The van der Waals surface area contributed by atoms with Crippen molar-refractivity contribution in [2.45, 2.75) is 31.3 Å². The molecule has 1 amide bonds. The Morgan fingerprint density at radius 3 is 2.82 bits per heavy atom. The molecule has 4 nitrogen and oxygen atoms in total. The average Bonchev–Trinajstić information content (AvgIpc) is 2.62. The second-order valence-corrected chi connectivity index (χ2v) is 3.37. The Hall–Kier alpha value is -0.610. The smallest absolute Gasteiger partial charge is 0.248 e. The van der Waals surface area contributed by atoms with Gasteiger partial charge in [-0.25, -0.2) is 5.48 Å². The van der Waals surface area contributed by atoms with Gasteiger partial charge in [0.1, 0.15) is 0 Å². The molecule has 62 valence electrons. The topological polar surface area (TPSA) is 61.4 Å². The van der Waals surface area contributed by atoms with Crippen molar-refractivity contribution in [2.24, 2.45) is 5.92 Å². The lowest BCUT2D eigenvalue weighted by molar-refractivity contribution is -0.133. The number of rotatable bonds is 1. The minimum Gasteiger partial charge on any atom is -0.310 e. The summed E-state index contributed by atoms with van der Waals surface area (Å²) in [6.45, 7) is 0. The van der Waals surface area contributed by atoms with Crippen molar-refractivity contribution in [2.75, 3.05) is 0 Å². The Bertz CT molecular complexity index is 183. The zero-order chi connectivity index (χ0) is 7.84. The average molecular weight is 156 g/mol. The summed E-state index contributed by atoms with van der Waals surface area (Å²) in [4.78, 5) is 11.0.